The van der Waals surface area contributed by atoms with E-state index in [2.05, 4.69) is 28.9 Å². The Morgan fingerprint density at radius 1 is 1.00 bits per heavy atom. The zero-order chi connectivity index (χ0) is 16.9. The van der Waals surface area contributed by atoms with Gasteiger partial charge in [0.2, 0.25) is 0 Å². The van der Waals surface area contributed by atoms with E-state index in [0.29, 0.717) is 11.6 Å². The molecule has 1 heterocycles. The summed E-state index contributed by atoms with van der Waals surface area (Å²) < 4.78 is 13.9. The summed E-state index contributed by atoms with van der Waals surface area (Å²) in [4.78, 5) is 4.76. The Morgan fingerprint density at radius 3 is 2.29 bits per heavy atom. The molecular formula is C20H25FN2O. The number of aliphatic hydroxyl groups excluding tert-OH is 1. The lowest BCUT2D eigenvalue weighted by Crippen LogP contribution is -2.47. The molecule has 4 heteroatoms. The molecule has 0 saturated carbocycles. The van der Waals surface area contributed by atoms with E-state index in [4.69, 9.17) is 5.11 Å². The molecule has 0 bridgehead atoms. The second kappa shape index (κ2) is 7.88. The summed E-state index contributed by atoms with van der Waals surface area (Å²) in [6.45, 7) is 7.23. The molecular weight excluding hydrogens is 303 g/mol. The molecule has 1 saturated heterocycles. The molecule has 2 aromatic rings. The van der Waals surface area contributed by atoms with Gasteiger partial charge in [0, 0.05) is 44.3 Å². The van der Waals surface area contributed by atoms with E-state index in [-0.39, 0.29) is 12.4 Å². The Balaban J connectivity index is 1.66. The van der Waals surface area contributed by atoms with Gasteiger partial charge >= 0.3 is 0 Å². The standard InChI is InChI=1S/C20H25FN2O/c1-16(23-12-10-22(11-13-23)14-15-24)17-6-8-18(9-7-17)19-4-2-3-5-20(19)21/h2-9,16,24H,10-15H2,1H3. The number of aliphatic hydroxyl groups is 1. The van der Waals surface area contributed by atoms with Crippen LogP contribution in [0.1, 0.15) is 18.5 Å². The van der Waals surface area contributed by atoms with Gasteiger partial charge in [0.25, 0.3) is 0 Å². The molecule has 1 aliphatic heterocycles. The van der Waals surface area contributed by atoms with E-state index >= 15 is 0 Å². The van der Waals surface area contributed by atoms with Crippen LogP contribution in [-0.4, -0.2) is 54.2 Å². The first-order valence-corrected chi connectivity index (χ1v) is 8.61. The second-order valence-corrected chi connectivity index (χ2v) is 6.38. The summed E-state index contributed by atoms with van der Waals surface area (Å²) >= 11 is 0. The van der Waals surface area contributed by atoms with E-state index in [1.807, 2.05) is 24.3 Å². The molecule has 1 N–H and O–H groups in total. The van der Waals surface area contributed by atoms with Gasteiger partial charge in [0.1, 0.15) is 5.82 Å². The number of nitrogens with zero attached hydrogens (tertiary/aromatic N) is 2. The van der Waals surface area contributed by atoms with Gasteiger partial charge in [0.05, 0.1) is 6.61 Å². The molecule has 0 amide bonds. The van der Waals surface area contributed by atoms with Crippen LogP contribution < -0.4 is 0 Å². The Kier molecular flexibility index (Phi) is 5.61. The predicted octanol–water partition coefficient (Wildman–Crippen LogP) is 3.16. The lowest BCUT2D eigenvalue weighted by Gasteiger charge is -2.38. The summed E-state index contributed by atoms with van der Waals surface area (Å²) in [5.74, 6) is -0.182. The van der Waals surface area contributed by atoms with Crippen LogP contribution in [0.4, 0.5) is 4.39 Å². The van der Waals surface area contributed by atoms with Crippen LogP contribution in [0.15, 0.2) is 48.5 Å². The highest BCUT2D eigenvalue weighted by atomic mass is 19.1. The number of rotatable bonds is 5. The lowest BCUT2D eigenvalue weighted by atomic mass is 10.00. The summed E-state index contributed by atoms with van der Waals surface area (Å²) in [6, 6.07) is 15.5. The maximum absolute atomic E-state index is 13.9. The predicted molar refractivity (Wildman–Crippen MR) is 95.3 cm³/mol. The lowest BCUT2D eigenvalue weighted by molar-refractivity contribution is 0.0888. The molecule has 0 aromatic heterocycles. The van der Waals surface area contributed by atoms with Crippen LogP contribution in [0.5, 0.6) is 0 Å². The van der Waals surface area contributed by atoms with Gasteiger partial charge in [-0.3, -0.25) is 9.80 Å². The maximum atomic E-state index is 13.9. The molecule has 1 atom stereocenters. The van der Waals surface area contributed by atoms with Crippen molar-refractivity contribution in [2.75, 3.05) is 39.3 Å². The highest BCUT2D eigenvalue weighted by molar-refractivity contribution is 5.64. The van der Waals surface area contributed by atoms with Crippen LogP contribution in [-0.2, 0) is 0 Å². The van der Waals surface area contributed by atoms with Crippen molar-refractivity contribution in [1.29, 1.82) is 0 Å². The molecule has 1 fully saturated rings. The highest BCUT2D eigenvalue weighted by Crippen LogP contribution is 2.27. The Bertz CT molecular complexity index is 651. The minimum Gasteiger partial charge on any atom is -0.395 e. The highest BCUT2D eigenvalue weighted by Gasteiger charge is 2.21. The number of β-amino-alcohol motifs (C(OH)–C–C–N with tert-alkyl or cyclic N) is 1. The summed E-state index contributed by atoms with van der Waals surface area (Å²) in [6.07, 6.45) is 0. The first-order valence-electron chi connectivity index (χ1n) is 8.61. The zero-order valence-corrected chi connectivity index (χ0v) is 14.2. The van der Waals surface area contributed by atoms with Crippen LogP contribution in [0, 0.1) is 5.82 Å². The molecule has 0 aliphatic carbocycles. The van der Waals surface area contributed by atoms with Crippen molar-refractivity contribution in [2.45, 2.75) is 13.0 Å². The van der Waals surface area contributed by atoms with Crippen LogP contribution in [0.3, 0.4) is 0 Å². The van der Waals surface area contributed by atoms with Crippen molar-refractivity contribution in [3.63, 3.8) is 0 Å². The van der Waals surface area contributed by atoms with Gasteiger partial charge in [0.15, 0.2) is 0 Å². The fraction of sp³-hybridized carbons (Fsp3) is 0.400. The van der Waals surface area contributed by atoms with E-state index in [0.717, 1.165) is 38.3 Å². The minimum absolute atomic E-state index is 0.182. The summed E-state index contributed by atoms with van der Waals surface area (Å²) in [7, 11) is 0. The van der Waals surface area contributed by atoms with Gasteiger partial charge in [-0.2, -0.15) is 0 Å². The van der Waals surface area contributed by atoms with Crippen LogP contribution in [0.25, 0.3) is 11.1 Å². The van der Waals surface area contributed by atoms with Crippen molar-refractivity contribution < 1.29 is 9.50 Å². The van der Waals surface area contributed by atoms with Gasteiger partial charge in [-0.15, -0.1) is 0 Å². The third kappa shape index (κ3) is 3.83. The fourth-order valence-corrected chi connectivity index (χ4v) is 3.36. The molecule has 0 radical (unpaired) electrons. The zero-order valence-electron chi connectivity index (χ0n) is 14.2. The fourth-order valence-electron chi connectivity index (χ4n) is 3.36. The molecule has 2 aromatic carbocycles. The number of hydrogen-bond acceptors (Lipinski definition) is 3. The third-order valence-electron chi connectivity index (χ3n) is 4.95. The number of benzene rings is 2. The number of halogens is 1. The Labute approximate surface area is 143 Å². The average Bonchev–Trinajstić information content (AvgIpc) is 2.63. The third-order valence-corrected chi connectivity index (χ3v) is 4.95. The van der Waals surface area contributed by atoms with Gasteiger partial charge in [-0.25, -0.2) is 4.39 Å². The molecule has 3 rings (SSSR count). The molecule has 128 valence electrons. The topological polar surface area (TPSA) is 26.7 Å². The molecule has 3 nitrogen and oxygen atoms in total. The van der Waals surface area contributed by atoms with Crippen molar-refractivity contribution in [3.05, 3.63) is 59.9 Å². The molecule has 1 unspecified atom stereocenters. The van der Waals surface area contributed by atoms with Gasteiger partial charge in [-0.05, 0) is 24.1 Å². The van der Waals surface area contributed by atoms with Gasteiger partial charge < -0.3 is 5.11 Å². The minimum atomic E-state index is -0.182. The summed E-state index contributed by atoms with van der Waals surface area (Å²) in [5, 5.41) is 9.03. The number of hydrogen-bond donors (Lipinski definition) is 1. The van der Waals surface area contributed by atoms with E-state index in [1.54, 1.807) is 6.07 Å². The SMILES string of the molecule is CC(c1ccc(-c2ccccc2F)cc1)N1CCN(CCO)CC1. The number of piperazine rings is 1. The van der Waals surface area contributed by atoms with E-state index in [1.165, 1.54) is 11.6 Å². The largest absolute Gasteiger partial charge is 0.395 e. The molecule has 0 spiro atoms. The second-order valence-electron chi connectivity index (χ2n) is 6.38. The molecule has 1 aliphatic rings. The monoisotopic (exact) mass is 328 g/mol. The summed E-state index contributed by atoms with van der Waals surface area (Å²) in [5.41, 5.74) is 2.82. The molecule has 24 heavy (non-hydrogen) atoms. The average molecular weight is 328 g/mol. The van der Waals surface area contributed by atoms with Crippen molar-refractivity contribution in [3.8, 4) is 11.1 Å². The maximum Gasteiger partial charge on any atom is 0.131 e. The van der Waals surface area contributed by atoms with Crippen molar-refractivity contribution in [2.24, 2.45) is 0 Å². The van der Waals surface area contributed by atoms with Crippen molar-refractivity contribution in [1.82, 2.24) is 9.80 Å². The Hall–Kier alpha value is -1.75. The first kappa shape index (κ1) is 17.1. The van der Waals surface area contributed by atoms with Crippen molar-refractivity contribution >= 4 is 0 Å². The Morgan fingerprint density at radius 2 is 1.67 bits per heavy atom. The normalized spacial score (nSPS) is 17.8. The van der Waals surface area contributed by atoms with E-state index in [9.17, 15) is 4.39 Å². The van der Waals surface area contributed by atoms with Gasteiger partial charge in [-0.1, -0.05) is 42.5 Å². The quantitative estimate of drug-likeness (QED) is 0.913. The van der Waals surface area contributed by atoms with E-state index < -0.39 is 0 Å². The smallest absolute Gasteiger partial charge is 0.131 e. The van der Waals surface area contributed by atoms with Crippen LogP contribution >= 0.6 is 0 Å². The first-order chi connectivity index (χ1) is 11.7. The van der Waals surface area contributed by atoms with Crippen LogP contribution in [0.2, 0.25) is 0 Å².